The topological polar surface area (TPSA) is 87.1 Å². The van der Waals surface area contributed by atoms with E-state index in [0.29, 0.717) is 17.1 Å². The van der Waals surface area contributed by atoms with Crippen molar-refractivity contribution in [1.29, 1.82) is 0 Å². The lowest BCUT2D eigenvalue weighted by molar-refractivity contribution is 0.0591. The van der Waals surface area contributed by atoms with E-state index in [4.69, 9.17) is 0 Å². The maximum atomic E-state index is 12.9. The smallest absolute Gasteiger partial charge is 0.251 e. The van der Waals surface area contributed by atoms with Crippen LogP contribution in [0.5, 0.6) is 0 Å². The molecular formula is C21H22N4O2. The van der Waals surface area contributed by atoms with Gasteiger partial charge in [-0.1, -0.05) is 42.8 Å². The minimum Gasteiger partial charge on any atom is -0.376 e. The molecule has 0 aliphatic heterocycles. The van der Waals surface area contributed by atoms with Crippen molar-refractivity contribution < 1.29 is 9.90 Å². The minimum absolute atomic E-state index is 0.251. The van der Waals surface area contributed by atoms with Gasteiger partial charge in [0.15, 0.2) is 0 Å². The number of amides is 1. The summed E-state index contributed by atoms with van der Waals surface area (Å²) in [5, 5.41) is 17.8. The minimum atomic E-state index is -0.857. The van der Waals surface area contributed by atoms with E-state index < -0.39 is 12.3 Å². The molecule has 1 heterocycles. The zero-order valence-corrected chi connectivity index (χ0v) is 14.9. The lowest BCUT2D eigenvalue weighted by atomic mass is 9.92. The number of nitrogens with one attached hydrogen (secondary N) is 2. The molecule has 6 heteroatoms. The third kappa shape index (κ3) is 3.97. The molecule has 0 saturated heterocycles. The van der Waals surface area contributed by atoms with E-state index in [9.17, 15) is 9.90 Å². The van der Waals surface area contributed by atoms with Crippen molar-refractivity contribution in [2.45, 2.75) is 37.6 Å². The summed E-state index contributed by atoms with van der Waals surface area (Å²) >= 11 is 0. The molecule has 2 aromatic carbocycles. The van der Waals surface area contributed by atoms with Crippen molar-refractivity contribution in [3.8, 4) is 0 Å². The largest absolute Gasteiger partial charge is 0.376 e. The summed E-state index contributed by atoms with van der Waals surface area (Å²) in [5.41, 5.74) is 2.06. The van der Waals surface area contributed by atoms with Gasteiger partial charge in [0.1, 0.15) is 12.6 Å². The molecule has 0 spiro atoms. The van der Waals surface area contributed by atoms with Gasteiger partial charge in [-0.25, -0.2) is 9.97 Å². The average molecular weight is 362 g/mol. The quantitative estimate of drug-likeness (QED) is 0.587. The highest BCUT2D eigenvalue weighted by Gasteiger charge is 2.28. The Hall–Kier alpha value is -2.83. The number of carbonyl (C=O) groups excluding carboxylic acids is 1. The first-order chi connectivity index (χ1) is 13.2. The monoisotopic (exact) mass is 362 g/mol. The van der Waals surface area contributed by atoms with E-state index in [-0.39, 0.29) is 5.91 Å². The number of carbonyl (C=O) groups is 1. The van der Waals surface area contributed by atoms with Crippen molar-refractivity contribution in [3.63, 3.8) is 0 Å². The zero-order chi connectivity index (χ0) is 18.6. The van der Waals surface area contributed by atoms with Crippen LogP contribution in [0.1, 0.15) is 41.2 Å². The molecule has 2 unspecified atom stereocenters. The number of aliphatic hydroxyl groups is 1. The molecule has 1 saturated carbocycles. The Morgan fingerprint density at radius 2 is 1.96 bits per heavy atom. The second-order valence-electron chi connectivity index (χ2n) is 6.90. The van der Waals surface area contributed by atoms with Crippen LogP contribution in [0.15, 0.2) is 61.1 Å². The van der Waals surface area contributed by atoms with E-state index in [1.807, 2.05) is 36.4 Å². The van der Waals surface area contributed by atoms with Crippen LogP contribution in [0.25, 0.3) is 10.9 Å². The van der Waals surface area contributed by atoms with Crippen molar-refractivity contribution in [2.75, 3.05) is 0 Å². The van der Waals surface area contributed by atoms with Gasteiger partial charge in [0.05, 0.1) is 11.6 Å². The van der Waals surface area contributed by atoms with Crippen LogP contribution in [0.3, 0.4) is 0 Å². The van der Waals surface area contributed by atoms with Gasteiger partial charge in [-0.15, -0.1) is 0 Å². The third-order valence-corrected chi connectivity index (χ3v) is 5.04. The Morgan fingerprint density at radius 3 is 2.70 bits per heavy atom. The molecule has 0 bridgehead atoms. The van der Waals surface area contributed by atoms with Gasteiger partial charge in [-0.05, 0) is 30.5 Å². The predicted molar refractivity (Wildman–Crippen MR) is 103 cm³/mol. The summed E-state index contributed by atoms with van der Waals surface area (Å²) in [6.07, 6.45) is 5.59. The molecular weight excluding hydrogens is 340 g/mol. The maximum Gasteiger partial charge on any atom is 0.251 e. The van der Waals surface area contributed by atoms with Gasteiger partial charge in [-0.2, -0.15) is 0 Å². The fourth-order valence-corrected chi connectivity index (χ4v) is 3.26. The number of aliphatic hydroxyl groups excluding tert-OH is 1. The number of benzene rings is 2. The molecule has 3 aromatic rings. The Bertz CT molecular complexity index is 928. The number of hydrogen-bond acceptors (Lipinski definition) is 5. The molecule has 1 amide bonds. The second kappa shape index (κ2) is 7.82. The summed E-state index contributed by atoms with van der Waals surface area (Å²) in [4.78, 5) is 21.0. The molecule has 2 atom stereocenters. The standard InChI is InChI=1S/C21H22N4O2/c26-20(15-9-10-16-12-22-13-23-18(16)11-15)25-19(14-5-2-1-3-6-14)21(27)24-17-7-4-8-17/h1-3,5-6,9-13,17,19,21,24,27H,4,7-8H2,(H,25,26). The molecule has 1 aliphatic rings. The van der Waals surface area contributed by atoms with Crippen LogP contribution in [-0.2, 0) is 0 Å². The van der Waals surface area contributed by atoms with Gasteiger partial charge in [0, 0.05) is 23.2 Å². The summed E-state index contributed by atoms with van der Waals surface area (Å²) in [6, 6.07) is 14.6. The first-order valence-corrected chi connectivity index (χ1v) is 9.20. The predicted octanol–water partition coefficient (Wildman–Crippen LogP) is 2.56. The normalized spacial score (nSPS) is 16.5. The van der Waals surface area contributed by atoms with Crippen LogP contribution < -0.4 is 10.6 Å². The van der Waals surface area contributed by atoms with Crippen LogP contribution in [0.2, 0.25) is 0 Å². The fourth-order valence-electron chi connectivity index (χ4n) is 3.26. The molecule has 4 rings (SSSR count). The van der Waals surface area contributed by atoms with Crippen LogP contribution in [-0.4, -0.2) is 33.3 Å². The Kier molecular flexibility index (Phi) is 5.09. The van der Waals surface area contributed by atoms with Crippen molar-refractivity contribution in [3.05, 3.63) is 72.2 Å². The van der Waals surface area contributed by atoms with Crippen molar-refractivity contribution in [2.24, 2.45) is 0 Å². The highest BCUT2D eigenvalue weighted by Crippen LogP contribution is 2.23. The van der Waals surface area contributed by atoms with E-state index in [2.05, 4.69) is 20.6 Å². The molecule has 6 nitrogen and oxygen atoms in total. The van der Waals surface area contributed by atoms with Gasteiger partial charge in [-0.3, -0.25) is 10.1 Å². The Labute approximate surface area is 157 Å². The van der Waals surface area contributed by atoms with Crippen LogP contribution in [0, 0.1) is 0 Å². The second-order valence-corrected chi connectivity index (χ2v) is 6.90. The molecule has 1 fully saturated rings. The summed E-state index contributed by atoms with van der Waals surface area (Å²) in [5.74, 6) is -0.251. The van der Waals surface area contributed by atoms with Crippen LogP contribution >= 0.6 is 0 Å². The number of fused-ring (bicyclic) bond motifs is 1. The highest BCUT2D eigenvalue weighted by molar-refractivity contribution is 5.97. The fraction of sp³-hybridized carbons (Fsp3) is 0.286. The zero-order valence-electron chi connectivity index (χ0n) is 14.9. The maximum absolute atomic E-state index is 12.9. The van der Waals surface area contributed by atoms with Crippen LogP contribution in [0.4, 0.5) is 0 Å². The van der Waals surface area contributed by atoms with E-state index in [1.165, 1.54) is 12.7 Å². The number of rotatable bonds is 6. The molecule has 1 aromatic heterocycles. The lowest BCUT2D eigenvalue weighted by Gasteiger charge is -2.33. The SMILES string of the molecule is O=C(NC(c1ccccc1)C(O)NC1CCC1)c1ccc2cncnc2c1. The van der Waals surface area contributed by atoms with Gasteiger partial charge in [0.2, 0.25) is 0 Å². The van der Waals surface area contributed by atoms with Gasteiger partial charge in [0.25, 0.3) is 5.91 Å². The molecule has 138 valence electrons. The highest BCUT2D eigenvalue weighted by atomic mass is 16.3. The molecule has 1 aliphatic carbocycles. The number of aromatic nitrogens is 2. The van der Waals surface area contributed by atoms with E-state index in [1.54, 1.807) is 18.3 Å². The lowest BCUT2D eigenvalue weighted by Crippen LogP contribution is -2.49. The number of hydrogen-bond donors (Lipinski definition) is 3. The Morgan fingerprint density at radius 1 is 1.15 bits per heavy atom. The average Bonchev–Trinajstić information content (AvgIpc) is 2.68. The van der Waals surface area contributed by atoms with E-state index >= 15 is 0 Å². The Balaban J connectivity index is 1.56. The molecule has 3 N–H and O–H groups in total. The number of nitrogens with zero attached hydrogens (tertiary/aromatic N) is 2. The first kappa shape index (κ1) is 17.6. The summed E-state index contributed by atoms with van der Waals surface area (Å²) in [6.45, 7) is 0. The summed E-state index contributed by atoms with van der Waals surface area (Å²) < 4.78 is 0. The van der Waals surface area contributed by atoms with Gasteiger partial charge >= 0.3 is 0 Å². The van der Waals surface area contributed by atoms with Crippen molar-refractivity contribution >= 4 is 16.8 Å². The van der Waals surface area contributed by atoms with Crippen molar-refractivity contribution in [1.82, 2.24) is 20.6 Å². The molecule has 27 heavy (non-hydrogen) atoms. The third-order valence-electron chi connectivity index (χ3n) is 5.04. The molecule has 0 radical (unpaired) electrons. The van der Waals surface area contributed by atoms with Gasteiger partial charge < -0.3 is 10.4 Å². The first-order valence-electron chi connectivity index (χ1n) is 9.20. The van der Waals surface area contributed by atoms with E-state index in [0.717, 1.165) is 23.8 Å². The summed E-state index contributed by atoms with van der Waals surface area (Å²) in [7, 11) is 0.